The van der Waals surface area contributed by atoms with E-state index >= 15 is 0 Å². The van der Waals surface area contributed by atoms with E-state index in [-0.39, 0.29) is 5.41 Å². The lowest BCUT2D eigenvalue weighted by atomic mass is 9.99. The molecular weight excluding hydrogens is 185 g/mol. The third kappa shape index (κ3) is 6.12. The maximum atomic E-state index is 11.6. The molecule has 0 aliphatic carbocycles. The first-order valence-corrected chi connectivity index (χ1v) is 3.54. The fourth-order valence-corrected chi connectivity index (χ4v) is 0.348. The Labute approximate surface area is 74.0 Å². The number of carbonyl (C=O) groups excluding carboxylic acids is 1. The third-order valence-electron chi connectivity index (χ3n) is 0.875. The summed E-state index contributed by atoms with van der Waals surface area (Å²) in [6.07, 6.45) is -3.65. The number of carbonyl (C=O) groups is 1. The Kier molecular flexibility index (Phi) is 3.45. The molecule has 1 amide bonds. The number of rotatable bonds is 1. The first-order chi connectivity index (χ1) is 5.63. The van der Waals surface area contributed by atoms with Gasteiger partial charge in [-0.05, 0) is 5.41 Å². The van der Waals surface area contributed by atoms with E-state index in [1.807, 2.05) is 0 Å². The van der Waals surface area contributed by atoms with Gasteiger partial charge in [0.1, 0.15) is 0 Å². The largest absolute Gasteiger partial charge is 0.473 e. The average molecular weight is 196 g/mol. The summed E-state index contributed by atoms with van der Waals surface area (Å²) in [6, 6.07) is 0. The molecule has 0 unspecified atom stereocenters. The Morgan fingerprint density at radius 1 is 1.31 bits per heavy atom. The van der Waals surface area contributed by atoms with Crippen LogP contribution in [-0.2, 0) is 4.79 Å². The van der Waals surface area contributed by atoms with E-state index in [1.54, 1.807) is 20.8 Å². The molecule has 6 heteroatoms. The molecule has 76 valence electrons. The van der Waals surface area contributed by atoms with E-state index in [2.05, 4.69) is 5.10 Å². The van der Waals surface area contributed by atoms with Gasteiger partial charge in [0.25, 0.3) is 0 Å². The van der Waals surface area contributed by atoms with Crippen LogP contribution in [-0.4, -0.2) is 18.3 Å². The zero-order valence-corrected chi connectivity index (χ0v) is 7.57. The minimum absolute atomic E-state index is 0.362. The Bertz CT molecular complexity index is 215. The van der Waals surface area contributed by atoms with Crippen LogP contribution in [0.15, 0.2) is 5.10 Å². The highest BCUT2D eigenvalue weighted by Crippen LogP contribution is 2.14. The van der Waals surface area contributed by atoms with Gasteiger partial charge in [-0.2, -0.15) is 18.3 Å². The van der Waals surface area contributed by atoms with Crippen molar-refractivity contribution in [3.63, 3.8) is 0 Å². The first kappa shape index (κ1) is 11.9. The Morgan fingerprint density at radius 2 is 1.77 bits per heavy atom. The summed E-state index contributed by atoms with van der Waals surface area (Å²) in [5.74, 6) is -2.06. The van der Waals surface area contributed by atoms with E-state index in [0.717, 1.165) is 0 Å². The van der Waals surface area contributed by atoms with Gasteiger partial charge in [0.2, 0.25) is 0 Å². The van der Waals surface area contributed by atoms with E-state index < -0.39 is 12.1 Å². The van der Waals surface area contributed by atoms with Crippen molar-refractivity contribution >= 4 is 12.1 Å². The van der Waals surface area contributed by atoms with Crippen LogP contribution in [0.25, 0.3) is 0 Å². The molecule has 0 saturated carbocycles. The standard InChI is InChI=1S/C7H11F3N2O/c1-6(2,3)4-11-12-5(13)7(8,9)10/h4H,1-3H3,(H,12,13)/b11-4+. The van der Waals surface area contributed by atoms with E-state index in [0.29, 0.717) is 0 Å². The van der Waals surface area contributed by atoms with Gasteiger partial charge in [-0.3, -0.25) is 4.79 Å². The number of nitrogens with one attached hydrogen (secondary N) is 1. The van der Waals surface area contributed by atoms with E-state index in [4.69, 9.17) is 0 Å². The molecule has 1 N–H and O–H groups in total. The fourth-order valence-electron chi connectivity index (χ4n) is 0.348. The quantitative estimate of drug-likeness (QED) is 0.503. The molecule has 0 saturated heterocycles. The van der Waals surface area contributed by atoms with Crippen molar-refractivity contribution in [2.75, 3.05) is 0 Å². The van der Waals surface area contributed by atoms with Crippen molar-refractivity contribution in [2.45, 2.75) is 26.9 Å². The summed E-state index contributed by atoms with van der Waals surface area (Å²) >= 11 is 0. The highest BCUT2D eigenvalue weighted by Gasteiger charge is 2.38. The second-order valence-corrected chi connectivity index (χ2v) is 3.56. The van der Waals surface area contributed by atoms with Crippen molar-refractivity contribution in [1.29, 1.82) is 0 Å². The second-order valence-electron chi connectivity index (χ2n) is 3.56. The van der Waals surface area contributed by atoms with Crippen molar-refractivity contribution in [3.8, 4) is 0 Å². The maximum absolute atomic E-state index is 11.6. The highest BCUT2D eigenvalue weighted by molar-refractivity contribution is 5.82. The summed E-state index contributed by atoms with van der Waals surface area (Å²) in [6.45, 7) is 5.24. The highest BCUT2D eigenvalue weighted by atomic mass is 19.4. The number of amides is 1. The van der Waals surface area contributed by atoms with Gasteiger partial charge in [-0.25, -0.2) is 5.43 Å². The summed E-state index contributed by atoms with van der Waals surface area (Å²) in [7, 11) is 0. The predicted molar refractivity (Wildman–Crippen MR) is 42.1 cm³/mol. The smallest absolute Gasteiger partial charge is 0.263 e. The van der Waals surface area contributed by atoms with Gasteiger partial charge < -0.3 is 0 Å². The van der Waals surface area contributed by atoms with E-state index in [9.17, 15) is 18.0 Å². The summed E-state index contributed by atoms with van der Waals surface area (Å²) in [4.78, 5) is 10.2. The minimum Gasteiger partial charge on any atom is -0.263 e. The van der Waals surface area contributed by atoms with Gasteiger partial charge in [-0.15, -0.1) is 0 Å². The van der Waals surface area contributed by atoms with Gasteiger partial charge in [-0.1, -0.05) is 20.8 Å². The summed E-state index contributed by atoms with van der Waals surface area (Å²) < 4.78 is 34.7. The molecule has 0 heterocycles. The zero-order chi connectivity index (χ0) is 10.7. The third-order valence-corrected chi connectivity index (χ3v) is 0.875. The maximum Gasteiger partial charge on any atom is 0.473 e. The zero-order valence-electron chi connectivity index (χ0n) is 7.57. The number of alkyl halides is 3. The van der Waals surface area contributed by atoms with Gasteiger partial charge >= 0.3 is 12.1 Å². The van der Waals surface area contributed by atoms with Crippen LogP contribution in [0.2, 0.25) is 0 Å². The summed E-state index contributed by atoms with van der Waals surface area (Å²) in [5.41, 5.74) is 1.02. The van der Waals surface area contributed by atoms with Crippen molar-refractivity contribution in [3.05, 3.63) is 0 Å². The molecule has 0 radical (unpaired) electrons. The minimum atomic E-state index is -4.88. The molecule has 13 heavy (non-hydrogen) atoms. The molecule has 0 aliphatic rings. The van der Waals surface area contributed by atoms with Crippen LogP contribution in [0.5, 0.6) is 0 Å². The average Bonchev–Trinajstić information content (AvgIpc) is 1.82. The SMILES string of the molecule is CC(C)(C)/C=N/NC(=O)C(F)(F)F. The Morgan fingerprint density at radius 3 is 2.08 bits per heavy atom. The number of hydrogen-bond donors (Lipinski definition) is 1. The first-order valence-electron chi connectivity index (χ1n) is 3.54. The Hall–Kier alpha value is -1.07. The summed E-state index contributed by atoms with van der Waals surface area (Å²) in [5, 5.41) is 3.16. The van der Waals surface area contributed by atoms with Crippen LogP contribution in [0, 0.1) is 5.41 Å². The van der Waals surface area contributed by atoms with Crippen LogP contribution in [0.1, 0.15) is 20.8 Å². The van der Waals surface area contributed by atoms with E-state index in [1.165, 1.54) is 11.6 Å². The molecule has 0 aromatic rings. The lowest BCUT2D eigenvalue weighted by molar-refractivity contribution is -0.173. The lowest BCUT2D eigenvalue weighted by Gasteiger charge is -2.10. The Balaban J connectivity index is 4.06. The van der Waals surface area contributed by atoms with Crippen LogP contribution >= 0.6 is 0 Å². The van der Waals surface area contributed by atoms with Crippen LogP contribution < -0.4 is 5.43 Å². The van der Waals surface area contributed by atoms with Crippen LogP contribution in [0.3, 0.4) is 0 Å². The monoisotopic (exact) mass is 196 g/mol. The molecule has 0 fully saturated rings. The van der Waals surface area contributed by atoms with Crippen LogP contribution in [0.4, 0.5) is 13.2 Å². The van der Waals surface area contributed by atoms with Gasteiger partial charge in [0, 0.05) is 6.21 Å². The molecule has 0 aromatic carbocycles. The fraction of sp³-hybridized carbons (Fsp3) is 0.714. The molecule has 0 aromatic heterocycles. The number of halogens is 3. The predicted octanol–water partition coefficient (Wildman–Crippen LogP) is 1.70. The molecule has 3 nitrogen and oxygen atoms in total. The molecule has 0 spiro atoms. The topological polar surface area (TPSA) is 41.5 Å². The normalized spacial score (nSPS) is 13.4. The number of nitrogens with zero attached hydrogens (tertiary/aromatic N) is 1. The molecule has 0 bridgehead atoms. The van der Waals surface area contributed by atoms with Gasteiger partial charge in [0.15, 0.2) is 0 Å². The van der Waals surface area contributed by atoms with Gasteiger partial charge in [0.05, 0.1) is 0 Å². The second kappa shape index (κ2) is 3.76. The van der Waals surface area contributed by atoms with Crippen molar-refractivity contribution in [1.82, 2.24) is 5.43 Å². The molecule has 0 rings (SSSR count). The van der Waals surface area contributed by atoms with Crippen molar-refractivity contribution in [2.24, 2.45) is 10.5 Å². The van der Waals surface area contributed by atoms with Crippen molar-refractivity contribution < 1.29 is 18.0 Å². The molecular formula is C7H11F3N2O. The molecule has 0 atom stereocenters. The number of hydrazone groups is 1. The lowest BCUT2D eigenvalue weighted by Crippen LogP contribution is -2.34. The molecule has 0 aliphatic heterocycles. The number of hydrogen-bond acceptors (Lipinski definition) is 2.